The Hall–Kier alpha value is -2.77. The van der Waals surface area contributed by atoms with Gasteiger partial charge in [-0.1, -0.05) is 6.07 Å². The van der Waals surface area contributed by atoms with Gasteiger partial charge in [-0.15, -0.1) is 0 Å². The second-order valence-electron chi connectivity index (χ2n) is 11.2. The van der Waals surface area contributed by atoms with Crippen LogP contribution in [0.4, 0.5) is 0 Å². The molecule has 2 aromatic carbocycles. The maximum absolute atomic E-state index is 13.7. The van der Waals surface area contributed by atoms with Crippen molar-refractivity contribution in [2.24, 2.45) is 17.8 Å². The molecule has 0 aliphatic heterocycles. The molecule has 7 heteroatoms. The van der Waals surface area contributed by atoms with Gasteiger partial charge >= 0.3 is 0 Å². The molecule has 4 aliphatic rings. The van der Waals surface area contributed by atoms with E-state index in [0.717, 1.165) is 29.1 Å². The van der Waals surface area contributed by atoms with Gasteiger partial charge in [0.05, 0.1) is 19.8 Å². The maximum atomic E-state index is 13.7. The van der Waals surface area contributed by atoms with Crippen LogP contribution in [0.25, 0.3) is 0 Å². The summed E-state index contributed by atoms with van der Waals surface area (Å²) >= 11 is 0. The van der Waals surface area contributed by atoms with Crippen molar-refractivity contribution >= 4 is 5.78 Å². The number of carbonyl (C=O) groups excluding carboxylic acids is 1. The van der Waals surface area contributed by atoms with E-state index in [9.17, 15) is 4.79 Å². The zero-order valence-electron chi connectivity index (χ0n) is 23.0. The van der Waals surface area contributed by atoms with E-state index >= 15 is 0 Å². The molecular formula is C31H40O7. The van der Waals surface area contributed by atoms with Crippen LogP contribution in [0.3, 0.4) is 0 Å². The predicted molar refractivity (Wildman–Crippen MR) is 143 cm³/mol. The normalized spacial score (nSPS) is 25.3. The van der Waals surface area contributed by atoms with E-state index in [0.29, 0.717) is 35.7 Å². The van der Waals surface area contributed by atoms with Crippen LogP contribution in [0.5, 0.6) is 23.0 Å². The first-order valence-corrected chi connectivity index (χ1v) is 13.6. The highest BCUT2D eigenvalue weighted by atomic mass is 16.7. The minimum absolute atomic E-state index is 0.0490. The number of rotatable bonds is 13. The molecule has 0 spiro atoms. The Bertz CT molecular complexity index is 1110. The lowest BCUT2D eigenvalue weighted by atomic mass is 9.48. The molecule has 0 atom stereocenters. The van der Waals surface area contributed by atoms with Crippen LogP contribution >= 0.6 is 0 Å². The molecule has 7 nitrogen and oxygen atoms in total. The molecular weight excluding hydrogens is 484 g/mol. The molecule has 0 heterocycles. The molecule has 38 heavy (non-hydrogen) atoms. The molecule has 4 saturated carbocycles. The minimum Gasteiger partial charge on any atom is -0.496 e. The SMILES string of the molecule is COCOc1ccc(CCC(=O)c2cc(C34CC5CC(CC(C5)C3)C4)c(OC)cc2OC)c(OCOC)c1. The van der Waals surface area contributed by atoms with E-state index in [2.05, 4.69) is 6.07 Å². The van der Waals surface area contributed by atoms with Gasteiger partial charge in [0.2, 0.25) is 0 Å². The van der Waals surface area contributed by atoms with Gasteiger partial charge in [0, 0.05) is 38.3 Å². The molecule has 0 saturated heterocycles. The molecule has 0 radical (unpaired) electrons. The van der Waals surface area contributed by atoms with Gasteiger partial charge in [0.1, 0.15) is 23.0 Å². The summed E-state index contributed by atoms with van der Waals surface area (Å²) in [5.74, 6) is 5.12. The second kappa shape index (κ2) is 11.5. The number of carbonyl (C=O) groups is 1. The summed E-state index contributed by atoms with van der Waals surface area (Å²) in [5.41, 5.74) is 2.86. The van der Waals surface area contributed by atoms with Crippen molar-refractivity contribution in [1.29, 1.82) is 0 Å². The highest BCUT2D eigenvalue weighted by Gasteiger charge is 2.52. The van der Waals surface area contributed by atoms with Gasteiger partial charge in [-0.25, -0.2) is 0 Å². The number of ether oxygens (including phenoxy) is 6. The summed E-state index contributed by atoms with van der Waals surface area (Å²) in [7, 11) is 6.49. The molecule has 6 rings (SSSR count). The zero-order chi connectivity index (χ0) is 26.7. The maximum Gasteiger partial charge on any atom is 0.188 e. The smallest absolute Gasteiger partial charge is 0.188 e. The monoisotopic (exact) mass is 524 g/mol. The Morgan fingerprint density at radius 2 is 1.42 bits per heavy atom. The quantitative estimate of drug-likeness (QED) is 0.237. The molecule has 0 aromatic heterocycles. The van der Waals surface area contributed by atoms with Crippen molar-refractivity contribution in [3.8, 4) is 23.0 Å². The van der Waals surface area contributed by atoms with Gasteiger partial charge in [-0.3, -0.25) is 4.79 Å². The fourth-order valence-corrected chi connectivity index (χ4v) is 7.57. The molecule has 4 aliphatic carbocycles. The summed E-state index contributed by atoms with van der Waals surface area (Å²) in [4.78, 5) is 13.7. The highest BCUT2D eigenvalue weighted by molar-refractivity contribution is 5.99. The third-order valence-electron chi connectivity index (χ3n) is 8.77. The molecule has 4 fully saturated rings. The third kappa shape index (κ3) is 5.36. The number of hydrogen-bond acceptors (Lipinski definition) is 7. The molecule has 0 N–H and O–H groups in total. The van der Waals surface area contributed by atoms with E-state index in [1.165, 1.54) is 44.1 Å². The summed E-state index contributed by atoms with van der Waals surface area (Å²) in [6, 6.07) is 9.61. The van der Waals surface area contributed by atoms with Gasteiger partial charge in [-0.2, -0.15) is 0 Å². The lowest BCUT2D eigenvalue weighted by Crippen LogP contribution is -2.48. The summed E-state index contributed by atoms with van der Waals surface area (Å²) in [6.45, 7) is 0.250. The molecule has 206 valence electrons. The first-order chi connectivity index (χ1) is 18.5. The fraction of sp³-hybridized carbons (Fsp3) is 0.581. The van der Waals surface area contributed by atoms with Crippen molar-refractivity contribution < 1.29 is 33.2 Å². The standard InChI is InChI=1S/C31H40O7/c1-33-18-37-24-7-5-23(28(12-24)38-19-34-2)6-8-27(32)25-13-26(30(36-4)14-29(25)35-3)31-15-20-9-21(16-31)11-22(10-20)17-31/h5,7,12-14,20-22H,6,8-11,15-19H2,1-4H3. The Kier molecular flexibility index (Phi) is 8.15. The van der Waals surface area contributed by atoms with Crippen molar-refractivity contribution in [3.63, 3.8) is 0 Å². The zero-order valence-corrected chi connectivity index (χ0v) is 23.0. The minimum atomic E-state index is 0.0490. The lowest BCUT2D eigenvalue weighted by Gasteiger charge is -2.57. The van der Waals surface area contributed by atoms with Gasteiger partial charge in [0.25, 0.3) is 0 Å². The largest absolute Gasteiger partial charge is 0.496 e. The number of benzene rings is 2. The van der Waals surface area contributed by atoms with Crippen LogP contribution in [-0.2, 0) is 21.3 Å². The fourth-order valence-electron chi connectivity index (χ4n) is 7.57. The second-order valence-corrected chi connectivity index (χ2v) is 11.2. The van der Waals surface area contributed by atoms with Crippen molar-refractivity contribution in [2.75, 3.05) is 42.0 Å². The van der Waals surface area contributed by atoms with E-state index in [-0.39, 0.29) is 24.8 Å². The van der Waals surface area contributed by atoms with Gasteiger partial charge in [-0.05, 0) is 85.8 Å². The number of aryl methyl sites for hydroxylation is 1. The number of hydrogen-bond donors (Lipinski definition) is 0. The predicted octanol–water partition coefficient (Wildman–Crippen LogP) is 5.95. The molecule has 0 amide bonds. The van der Waals surface area contributed by atoms with E-state index < -0.39 is 0 Å². The molecule has 2 aromatic rings. The van der Waals surface area contributed by atoms with Crippen LogP contribution < -0.4 is 18.9 Å². The van der Waals surface area contributed by atoms with Gasteiger partial charge in [0.15, 0.2) is 19.4 Å². The summed E-state index contributed by atoms with van der Waals surface area (Å²) in [6.07, 6.45) is 8.55. The summed E-state index contributed by atoms with van der Waals surface area (Å²) in [5, 5.41) is 0. The van der Waals surface area contributed by atoms with E-state index in [1.807, 2.05) is 18.2 Å². The first-order valence-electron chi connectivity index (χ1n) is 13.6. The average Bonchev–Trinajstić information content (AvgIpc) is 2.92. The number of methoxy groups -OCH3 is 4. The van der Waals surface area contributed by atoms with Crippen molar-refractivity contribution in [3.05, 3.63) is 47.0 Å². The van der Waals surface area contributed by atoms with Crippen LogP contribution in [0.1, 0.15) is 66.4 Å². The Labute approximate surface area is 225 Å². The Morgan fingerprint density at radius 3 is 2.03 bits per heavy atom. The molecule has 0 unspecified atom stereocenters. The topological polar surface area (TPSA) is 72.5 Å². The van der Waals surface area contributed by atoms with Crippen LogP contribution in [0, 0.1) is 17.8 Å². The third-order valence-corrected chi connectivity index (χ3v) is 8.77. The lowest BCUT2D eigenvalue weighted by molar-refractivity contribution is -0.00619. The van der Waals surface area contributed by atoms with E-state index in [4.69, 9.17) is 28.4 Å². The van der Waals surface area contributed by atoms with Crippen LogP contribution in [-0.4, -0.2) is 47.8 Å². The number of ketones is 1. The Balaban J connectivity index is 1.39. The highest BCUT2D eigenvalue weighted by Crippen LogP contribution is 2.62. The van der Waals surface area contributed by atoms with Gasteiger partial charge < -0.3 is 28.4 Å². The van der Waals surface area contributed by atoms with Crippen molar-refractivity contribution in [1.82, 2.24) is 0 Å². The van der Waals surface area contributed by atoms with Crippen LogP contribution in [0.15, 0.2) is 30.3 Å². The summed E-state index contributed by atoms with van der Waals surface area (Å²) < 4.78 is 33.0. The first kappa shape index (κ1) is 26.8. The average molecular weight is 525 g/mol. The Morgan fingerprint density at radius 1 is 0.789 bits per heavy atom. The van der Waals surface area contributed by atoms with Crippen LogP contribution in [0.2, 0.25) is 0 Å². The number of Topliss-reactive ketones (excluding diaryl/α,β-unsaturated/α-hetero) is 1. The van der Waals surface area contributed by atoms with E-state index in [1.54, 1.807) is 34.5 Å². The van der Waals surface area contributed by atoms with Crippen molar-refractivity contribution in [2.45, 2.75) is 56.8 Å². The molecule has 4 bridgehead atoms.